The highest BCUT2D eigenvalue weighted by molar-refractivity contribution is 5.50. The molecule has 1 saturated heterocycles. The van der Waals surface area contributed by atoms with E-state index in [9.17, 15) is 0 Å². The molecule has 1 aromatic rings. The number of hydrogen-bond donors (Lipinski definition) is 1. The number of nitrogens with zero attached hydrogens (tertiary/aromatic N) is 3. The van der Waals surface area contributed by atoms with E-state index in [4.69, 9.17) is 9.47 Å². The van der Waals surface area contributed by atoms with Gasteiger partial charge in [0.1, 0.15) is 5.82 Å². The Bertz CT molecular complexity index is 400. The molecule has 0 radical (unpaired) electrons. The topological polar surface area (TPSA) is 51.5 Å². The van der Waals surface area contributed by atoms with Crippen molar-refractivity contribution in [3.63, 3.8) is 0 Å². The average molecular weight is 268 g/mol. The molecule has 0 saturated carbocycles. The van der Waals surface area contributed by atoms with E-state index in [2.05, 4.69) is 22.2 Å². The van der Waals surface area contributed by atoms with Crippen molar-refractivity contribution < 1.29 is 9.47 Å². The molecule has 1 aliphatic rings. The van der Waals surface area contributed by atoms with Crippen LogP contribution in [0.1, 0.15) is 11.3 Å². The monoisotopic (exact) mass is 268 g/mol. The molecule has 6 nitrogen and oxygen atoms in total. The van der Waals surface area contributed by atoms with Crippen molar-refractivity contribution in [3.05, 3.63) is 11.3 Å². The van der Waals surface area contributed by atoms with Crippen LogP contribution in [0.4, 0.5) is 5.82 Å². The molecule has 0 atom stereocenters. The molecule has 0 unspecified atom stereocenters. The van der Waals surface area contributed by atoms with E-state index in [1.807, 2.05) is 11.7 Å². The first-order valence-corrected chi connectivity index (χ1v) is 6.79. The molecule has 2 heterocycles. The number of hydrogen-bond acceptors (Lipinski definition) is 5. The summed E-state index contributed by atoms with van der Waals surface area (Å²) in [7, 11) is 3.73. The van der Waals surface area contributed by atoms with Crippen LogP contribution in [0.3, 0.4) is 0 Å². The number of anilines is 1. The van der Waals surface area contributed by atoms with Gasteiger partial charge in [-0.25, -0.2) is 0 Å². The molecule has 0 aliphatic carbocycles. The lowest BCUT2D eigenvalue weighted by molar-refractivity contribution is 0.122. The van der Waals surface area contributed by atoms with Gasteiger partial charge in [-0.2, -0.15) is 5.10 Å². The zero-order valence-electron chi connectivity index (χ0n) is 12.1. The molecule has 2 rings (SSSR count). The Morgan fingerprint density at radius 1 is 1.37 bits per heavy atom. The highest BCUT2D eigenvalue weighted by Gasteiger charge is 2.20. The van der Waals surface area contributed by atoms with Crippen molar-refractivity contribution in [3.8, 4) is 0 Å². The molecule has 1 aromatic heterocycles. The predicted octanol–water partition coefficient (Wildman–Crippen LogP) is 0.301. The Morgan fingerprint density at radius 2 is 2.11 bits per heavy atom. The average Bonchev–Trinajstić information content (AvgIpc) is 2.70. The summed E-state index contributed by atoms with van der Waals surface area (Å²) in [6, 6.07) is 0. The van der Waals surface area contributed by atoms with Gasteiger partial charge in [-0.1, -0.05) is 0 Å². The number of methoxy groups -OCH3 is 1. The zero-order valence-corrected chi connectivity index (χ0v) is 12.1. The van der Waals surface area contributed by atoms with E-state index in [-0.39, 0.29) is 0 Å². The van der Waals surface area contributed by atoms with Gasteiger partial charge in [0.2, 0.25) is 0 Å². The van der Waals surface area contributed by atoms with Gasteiger partial charge in [-0.3, -0.25) is 4.68 Å². The molecule has 0 aromatic carbocycles. The summed E-state index contributed by atoms with van der Waals surface area (Å²) in [6.45, 7) is 7.93. The highest BCUT2D eigenvalue weighted by Crippen LogP contribution is 2.23. The number of nitrogens with one attached hydrogen (secondary N) is 1. The van der Waals surface area contributed by atoms with Crippen LogP contribution in [0.2, 0.25) is 0 Å². The van der Waals surface area contributed by atoms with Crippen molar-refractivity contribution in [2.75, 3.05) is 51.5 Å². The fourth-order valence-corrected chi connectivity index (χ4v) is 2.46. The zero-order chi connectivity index (χ0) is 13.7. The van der Waals surface area contributed by atoms with Crippen LogP contribution >= 0.6 is 0 Å². The van der Waals surface area contributed by atoms with Crippen molar-refractivity contribution in [1.82, 2.24) is 15.1 Å². The lowest BCUT2D eigenvalue weighted by atomic mass is 10.2. The normalized spacial score (nSPS) is 16.1. The second-order valence-corrected chi connectivity index (χ2v) is 4.78. The number of aryl methyl sites for hydroxylation is 2. The van der Waals surface area contributed by atoms with Crippen LogP contribution in [0, 0.1) is 6.92 Å². The molecule has 0 amide bonds. The van der Waals surface area contributed by atoms with Crippen molar-refractivity contribution >= 4 is 5.82 Å². The van der Waals surface area contributed by atoms with E-state index in [0.29, 0.717) is 0 Å². The van der Waals surface area contributed by atoms with Crippen LogP contribution in [-0.4, -0.2) is 56.3 Å². The third-order valence-electron chi connectivity index (χ3n) is 3.41. The standard InChI is InChI=1S/C13H24N4O2/c1-11-12(10-14-4-7-18-3)13(16(2)15-11)17-5-8-19-9-6-17/h14H,4-10H2,1-3H3. The van der Waals surface area contributed by atoms with Crippen LogP contribution in [0.5, 0.6) is 0 Å². The first-order valence-electron chi connectivity index (χ1n) is 6.79. The molecule has 108 valence electrons. The maximum atomic E-state index is 5.42. The predicted molar refractivity (Wildman–Crippen MR) is 74.6 cm³/mol. The van der Waals surface area contributed by atoms with Crippen LogP contribution in [-0.2, 0) is 23.1 Å². The SMILES string of the molecule is COCCNCc1c(C)nn(C)c1N1CCOCC1. The molecule has 6 heteroatoms. The highest BCUT2D eigenvalue weighted by atomic mass is 16.5. The molecule has 0 bridgehead atoms. The van der Waals surface area contributed by atoms with Crippen molar-refractivity contribution in [1.29, 1.82) is 0 Å². The summed E-state index contributed by atoms with van der Waals surface area (Å²) in [5.41, 5.74) is 2.37. The van der Waals surface area contributed by atoms with Crippen LogP contribution in [0.25, 0.3) is 0 Å². The number of morpholine rings is 1. The lowest BCUT2D eigenvalue weighted by Crippen LogP contribution is -2.38. The molecule has 1 N–H and O–H groups in total. The minimum Gasteiger partial charge on any atom is -0.383 e. The third kappa shape index (κ3) is 3.46. The van der Waals surface area contributed by atoms with Gasteiger partial charge >= 0.3 is 0 Å². The first-order chi connectivity index (χ1) is 9.24. The summed E-state index contributed by atoms with van der Waals surface area (Å²) in [4.78, 5) is 2.36. The van der Waals surface area contributed by atoms with Gasteiger partial charge in [0.05, 0.1) is 25.5 Å². The molecule has 0 spiro atoms. The molecule has 19 heavy (non-hydrogen) atoms. The van der Waals surface area contributed by atoms with Gasteiger partial charge < -0.3 is 19.7 Å². The fourth-order valence-electron chi connectivity index (χ4n) is 2.46. The van der Waals surface area contributed by atoms with E-state index in [1.165, 1.54) is 11.4 Å². The largest absolute Gasteiger partial charge is 0.383 e. The summed E-state index contributed by atoms with van der Waals surface area (Å²) < 4.78 is 12.4. The van der Waals surface area contributed by atoms with E-state index < -0.39 is 0 Å². The maximum Gasteiger partial charge on any atom is 0.131 e. The van der Waals surface area contributed by atoms with E-state index >= 15 is 0 Å². The van der Waals surface area contributed by atoms with Gasteiger partial charge in [0.25, 0.3) is 0 Å². The Morgan fingerprint density at radius 3 is 2.79 bits per heavy atom. The summed E-state index contributed by atoms with van der Waals surface area (Å²) in [5.74, 6) is 1.21. The number of rotatable bonds is 6. The third-order valence-corrected chi connectivity index (χ3v) is 3.41. The summed E-state index contributed by atoms with van der Waals surface area (Å²) in [5, 5.41) is 7.95. The lowest BCUT2D eigenvalue weighted by Gasteiger charge is -2.29. The van der Waals surface area contributed by atoms with Gasteiger partial charge in [-0.05, 0) is 6.92 Å². The number of ether oxygens (including phenoxy) is 2. The second-order valence-electron chi connectivity index (χ2n) is 4.78. The molecular weight excluding hydrogens is 244 g/mol. The summed E-state index contributed by atoms with van der Waals surface area (Å²) >= 11 is 0. The Kier molecular flexibility index (Phi) is 5.18. The Balaban J connectivity index is 2.07. The second kappa shape index (κ2) is 6.88. The molecule has 1 fully saturated rings. The molecule has 1 aliphatic heterocycles. The fraction of sp³-hybridized carbons (Fsp3) is 0.769. The summed E-state index contributed by atoms with van der Waals surface area (Å²) in [6.07, 6.45) is 0. The Hall–Kier alpha value is -1.11. The maximum absolute atomic E-state index is 5.42. The minimum atomic E-state index is 0.728. The van der Waals surface area contributed by atoms with Crippen LogP contribution < -0.4 is 10.2 Å². The van der Waals surface area contributed by atoms with Crippen molar-refractivity contribution in [2.24, 2.45) is 7.05 Å². The van der Waals surface area contributed by atoms with Crippen LogP contribution in [0.15, 0.2) is 0 Å². The quantitative estimate of drug-likeness (QED) is 0.752. The minimum absolute atomic E-state index is 0.728. The van der Waals surface area contributed by atoms with E-state index in [1.54, 1.807) is 7.11 Å². The van der Waals surface area contributed by atoms with Gasteiger partial charge in [-0.15, -0.1) is 0 Å². The van der Waals surface area contributed by atoms with E-state index in [0.717, 1.165) is 51.7 Å². The molecular formula is C13H24N4O2. The van der Waals surface area contributed by atoms with Gasteiger partial charge in [0, 0.05) is 45.9 Å². The van der Waals surface area contributed by atoms with Gasteiger partial charge in [0.15, 0.2) is 0 Å². The first kappa shape index (κ1) is 14.3. The number of aromatic nitrogens is 2. The van der Waals surface area contributed by atoms with Crippen molar-refractivity contribution in [2.45, 2.75) is 13.5 Å². The smallest absolute Gasteiger partial charge is 0.131 e. The Labute approximate surface area is 114 Å².